The molecular formula is C20H23N5O. The number of nitrogens with zero attached hydrogens (tertiary/aromatic N) is 4. The van der Waals surface area contributed by atoms with Crippen LogP contribution in [0.1, 0.15) is 29.8 Å². The van der Waals surface area contributed by atoms with E-state index in [-0.39, 0.29) is 5.91 Å². The van der Waals surface area contributed by atoms with Crippen LogP contribution in [0.4, 0.5) is 5.82 Å². The van der Waals surface area contributed by atoms with Crippen molar-refractivity contribution in [2.24, 2.45) is 0 Å². The average Bonchev–Trinajstić information content (AvgIpc) is 3.29. The smallest absolute Gasteiger partial charge is 0.226 e. The van der Waals surface area contributed by atoms with Crippen LogP contribution in [0.2, 0.25) is 0 Å². The second-order valence-electron chi connectivity index (χ2n) is 6.74. The van der Waals surface area contributed by atoms with E-state index in [9.17, 15) is 4.79 Å². The molecule has 1 aliphatic rings. The lowest BCUT2D eigenvalue weighted by Gasteiger charge is -2.17. The van der Waals surface area contributed by atoms with Gasteiger partial charge < -0.3 is 14.6 Å². The summed E-state index contributed by atoms with van der Waals surface area (Å²) in [5.74, 6) is 1.00. The third kappa shape index (κ3) is 3.40. The van der Waals surface area contributed by atoms with Gasteiger partial charge in [0.15, 0.2) is 0 Å². The minimum atomic E-state index is -0.00159. The zero-order valence-electron chi connectivity index (χ0n) is 15.0. The van der Waals surface area contributed by atoms with Crippen molar-refractivity contribution in [1.29, 1.82) is 0 Å². The summed E-state index contributed by atoms with van der Waals surface area (Å²) in [5, 5.41) is 3.02. The van der Waals surface area contributed by atoms with Gasteiger partial charge in [0, 0.05) is 32.0 Å². The molecule has 1 fully saturated rings. The maximum atomic E-state index is 12.4. The fraction of sp³-hybridized carbons (Fsp3) is 0.350. The summed E-state index contributed by atoms with van der Waals surface area (Å²) >= 11 is 0. The number of aryl methyl sites for hydroxylation is 1. The lowest BCUT2D eigenvalue weighted by atomic mass is 10.2. The second-order valence-corrected chi connectivity index (χ2v) is 6.74. The SMILES string of the molecule is Cc1nc2ccccn2c1CC(=O)NCc1ccnc(N2CCCC2)c1. The number of nitrogens with one attached hydrogen (secondary N) is 1. The molecule has 0 atom stereocenters. The van der Waals surface area contributed by atoms with Crippen LogP contribution in [0.25, 0.3) is 5.65 Å². The Bertz CT molecular complexity index is 927. The molecule has 4 heterocycles. The van der Waals surface area contributed by atoms with Gasteiger partial charge in [-0.25, -0.2) is 9.97 Å². The van der Waals surface area contributed by atoms with Crippen LogP contribution in [0, 0.1) is 6.92 Å². The summed E-state index contributed by atoms with van der Waals surface area (Å²) in [7, 11) is 0. The van der Waals surface area contributed by atoms with Crippen LogP contribution < -0.4 is 10.2 Å². The molecule has 6 heteroatoms. The minimum absolute atomic E-state index is 0.00159. The number of carbonyl (C=O) groups is 1. The van der Waals surface area contributed by atoms with Gasteiger partial charge in [-0.15, -0.1) is 0 Å². The molecule has 0 bridgehead atoms. The number of hydrogen-bond acceptors (Lipinski definition) is 4. The molecule has 1 aliphatic heterocycles. The molecule has 26 heavy (non-hydrogen) atoms. The summed E-state index contributed by atoms with van der Waals surface area (Å²) in [6.07, 6.45) is 6.54. The monoisotopic (exact) mass is 349 g/mol. The predicted octanol–water partition coefficient (Wildman–Crippen LogP) is 2.50. The second kappa shape index (κ2) is 7.15. The van der Waals surface area contributed by atoms with Crippen molar-refractivity contribution in [2.45, 2.75) is 32.7 Å². The Morgan fingerprint density at radius 2 is 2.08 bits per heavy atom. The van der Waals surface area contributed by atoms with Gasteiger partial charge >= 0.3 is 0 Å². The molecule has 1 amide bonds. The molecule has 0 spiro atoms. The van der Waals surface area contributed by atoms with E-state index in [4.69, 9.17) is 0 Å². The van der Waals surface area contributed by atoms with Crippen molar-refractivity contribution < 1.29 is 4.79 Å². The molecular weight excluding hydrogens is 326 g/mol. The van der Waals surface area contributed by atoms with Crippen LogP contribution in [-0.4, -0.2) is 33.4 Å². The molecule has 0 radical (unpaired) electrons. The predicted molar refractivity (Wildman–Crippen MR) is 101 cm³/mol. The maximum absolute atomic E-state index is 12.4. The standard InChI is InChI=1S/C20H23N5O/c1-15-17(25-11-3-2-6-18(25)23-15)13-20(26)22-14-16-7-8-21-19(12-16)24-9-4-5-10-24/h2-3,6-8,11-12H,4-5,9-10,13-14H2,1H3,(H,22,26). The van der Waals surface area contributed by atoms with Crippen molar-refractivity contribution in [3.63, 3.8) is 0 Å². The zero-order valence-corrected chi connectivity index (χ0v) is 15.0. The van der Waals surface area contributed by atoms with Gasteiger partial charge in [-0.1, -0.05) is 6.07 Å². The number of amides is 1. The molecule has 1 saturated heterocycles. The molecule has 1 N–H and O–H groups in total. The van der Waals surface area contributed by atoms with Crippen molar-refractivity contribution in [2.75, 3.05) is 18.0 Å². The zero-order chi connectivity index (χ0) is 17.9. The molecule has 0 unspecified atom stereocenters. The third-order valence-electron chi connectivity index (χ3n) is 4.89. The average molecular weight is 349 g/mol. The van der Waals surface area contributed by atoms with Gasteiger partial charge in [0.25, 0.3) is 0 Å². The lowest BCUT2D eigenvalue weighted by molar-refractivity contribution is -0.120. The highest BCUT2D eigenvalue weighted by Gasteiger charge is 2.15. The fourth-order valence-corrected chi connectivity index (χ4v) is 3.48. The molecule has 3 aromatic heterocycles. The van der Waals surface area contributed by atoms with E-state index in [0.29, 0.717) is 13.0 Å². The molecule has 134 valence electrons. The first kappa shape index (κ1) is 16.6. The number of fused-ring (bicyclic) bond motifs is 1. The number of rotatable bonds is 5. The Hall–Kier alpha value is -2.89. The van der Waals surface area contributed by atoms with E-state index in [1.807, 2.05) is 48.0 Å². The fourth-order valence-electron chi connectivity index (χ4n) is 3.48. The molecule has 3 aromatic rings. The summed E-state index contributed by atoms with van der Waals surface area (Å²) in [5.41, 5.74) is 3.78. The first-order chi connectivity index (χ1) is 12.7. The molecule has 4 rings (SSSR count). The lowest BCUT2D eigenvalue weighted by Crippen LogP contribution is -2.26. The number of anilines is 1. The van der Waals surface area contributed by atoms with Gasteiger partial charge in [-0.05, 0) is 49.6 Å². The highest BCUT2D eigenvalue weighted by molar-refractivity contribution is 5.78. The minimum Gasteiger partial charge on any atom is -0.357 e. The number of pyridine rings is 2. The summed E-state index contributed by atoms with van der Waals surface area (Å²) < 4.78 is 1.98. The van der Waals surface area contributed by atoms with E-state index in [0.717, 1.165) is 41.5 Å². The first-order valence-corrected chi connectivity index (χ1v) is 9.10. The van der Waals surface area contributed by atoms with Gasteiger partial charge in [0.05, 0.1) is 17.8 Å². The Kier molecular flexibility index (Phi) is 4.56. The molecule has 0 aliphatic carbocycles. The van der Waals surface area contributed by atoms with E-state index in [1.165, 1.54) is 12.8 Å². The van der Waals surface area contributed by atoms with Crippen LogP contribution in [-0.2, 0) is 17.8 Å². The topological polar surface area (TPSA) is 62.5 Å². The van der Waals surface area contributed by atoms with Crippen molar-refractivity contribution in [1.82, 2.24) is 19.7 Å². The summed E-state index contributed by atoms with van der Waals surface area (Å²) in [6, 6.07) is 9.88. The Labute approximate surface area is 152 Å². The Balaban J connectivity index is 1.41. The normalized spacial score (nSPS) is 14.1. The Morgan fingerprint density at radius 3 is 2.92 bits per heavy atom. The van der Waals surface area contributed by atoms with Gasteiger partial charge in [0.2, 0.25) is 5.91 Å². The van der Waals surface area contributed by atoms with E-state index < -0.39 is 0 Å². The highest BCUT2D eigenvalue weighted by atomic mass is 16.1. The number of aromatic nitrogens is 3. The highest BCUT2D eigenvalue weighted by Crippen LogP contribution is 2.18. The van der Waals surface area contributed by atoms with E-state index >= 15 is 0 Å². The Morgan fingerprint density at radius 1 is 1.23 bits per heavy atom. The van der Waals surface area contributed by atoms with Gasteiger partial charge in [-0.3, -0.25) is 4.79 Å². The molecule has 6 nitrogen and oxygen atoms in total. The van der Waals surface area contributed by atoms with Crippen LogP contribution in [0.15, 0.2) is 42.7 Å². The number of hydrogen-bond donors (Lipinski definition) is 1. The summed E-state index contributed by atoms with van der Waals surface area (Å²) in [6.45, 7) is 4.59. The van der Waals surface area contributed by atoms with Crippen LogP contribution in [0.5, 0.6) is 0 Å². The van der Waals surface area contributed by atoms with Crippen molar-refractivity contribution in [3.8, 4) is 0 Å². The largest absolute Gasteiger partial charge is 0.357 e. The van der Waals surface area contributed by atoms with E-state index in [2.05, 4.69) is 26.3 Å². The van der Waals surface area contributed by atoms with Crippen molar-refractivity contribution in [3.05, 3.63) is 59.7 Å². The van der Waals surface area contributed by atoms with Gasteiger partial charge in [0.1, 0.15) is 11.5 Å². The third-order valence-corrected chi connectivity index (χ3v) is 4.89. The molecule has 0 aromatic carbocycles. The maximum Gasteiger partial charge on any atom is 0.226 e. The summed E-state index contributed by atoms with van der Waals surface area (Å²) in [4.78, 5) is 23.7. The van der Waals surface area contributed by atoms with Crippen LogP contribution in [0.3, 0.4) is 0 Å². The number of carbonyl (C=O) groups excluding carboxylic acids is 1. The number of imidazole rings is 1. The van der Waals surface area contributed by atoms with Crippen molar-refractivity contribution >= 4 is 17.4 Å². The first-order valence-electron chi connectivity index (χ1n) is 9.10. The quantitative estimate of drug-likeness (QED) is 0.769. The van der Waals surface area contributed by atoms with E-state index in [1.54, 1.807) is 0 Å². The molecule has 0 saturated carbocycles. The van der Waals surface area contributed by atoms with Gasteiger partial charge in [-0.2, -0.15) is 0 Å². The van der Waals surface area contributed by atoms with Crippen LogP contribution >= 0.6 is 0 Å².